The van der Waals surface area contributed by atoms with Crippen molar-refractivity contribution >= 4 is 21.6 Å². The standard InChI is InChI=1S/C14H12BrFN2O3/c1-8(17)10-6-5-9(15)7-13(10)21-14-11(16)3-2-4-12(14)18(19)20/h2-8H,17H2,1H3. The summed E-state index contributed by atoms with van der Waals surface area (Å²) in [5.41, 5.74) is 6.01. The van der Waals surface area contributed by atoms with Crippen LogP contribution in [0.1, 0.15) is 18.5 Å². The Kier molecular flexibility index (Phi) is 4.54. The van der Waals surface area contributed by atoms with Crippen molar-refractivity contribution in [3.05, 3.63) is 62.4 Å². The summed E-state index contributed by atoms with van der Waals surface area (Å²) in [4.78, 5) is 10.3. The van der Waals surface area contributed by atoms with Gasteiger partial charge in [-0.15, -0.1) is 0 Å². The second kappa shape index (κ2) is 6.19. The van der Waals surface area contributed by atoms with E-state index in [0.717, 1.165) is 6.07 Å². The number of nitrogens with two attached hydrogens (primary N) is 1. The molecule has 0 aliphatic heterocycles. The van der Waals surface area contributed by atoms with E-state index in [2.05, 4.69) is 15.9 Å². The zero-order chi connectivity index (χ0) is 15.6. The van der Waals surface area contributed by atoms with Crippen LogP contribution in [-0.4, -0.2) is 4.92 Å². The van der Waals surface area contributed by atoms with Crippen LogP contribution in [0.15, 0.2) is 40.9 Å². The van der Waals surface area contributed by atoms with Gasteiger partial charge in [0.25, 0.3) is 0 Å². The molecule has 0 bridgehead atoms. The zero-order valence-electron chi connectivity index (χ0n) is 11.0. The fourth-order valence-electron chi connectivity index (χ4n) is 1.82. The molecule has 0 fully saturated rings. The summed E-state index contributed by atoms with van der Waals surface area (Å²) in [5, 5.41) is 11.0. The molecular weight excluding hydrogens is 343 g/mol. The van der Waals surface area contributed by atoms with Crippen LogP contribution in [0, 0.1) is 15.9 Å². The number of halogens is 2. The van der Waals surface area contributed by atoms with Crippen molar-refractivity contribution in [3.8, 4) is 11.5 Å². The van der Waals surface area contributed by atoms with Crippen LogP contribution >= 0.6 is 15.9 Å². The van der Waals surface area contributed by atoms with Gasteiger partial charge in [-0.2, -0.15) is 0 Å². The quantitative estimate of drug-likeness (QED) is 0.655. The van der Waals surface area contributed by atoms with Gasteiger partial charge < -0.3 is 10.5 Å². The molecule has 0 radical (unpaired) electrons. The molecule has 0 aromatic heterocycles. The van der Waals surface area contributed by atoms with E-state index < -0.39 is 22.2 Å². The summed E-state index contributed by atoms with van der Waals surface area (Å²) < 4.78 is 20.0. The van der Waals surface area contributed by atoms with Gasteiger partial charge in [0.1, 0.15) is 5.75 Å². The first-order chi connectivity index (χ1) is 9.90. The fourth-order valence-corrected chi connectivity index (χ4v) is 2.17. The van der Waals surface area contributed by atoms with E-state index in [1.807, 2.05) is 0 Å². The van der Waals surface area contributed by atoms with Crippen molar-refractivity contribution in [1.82, 2.24) is 0 Å². The van der Waals surface area contributed by atoms with Gasteiger partial charge in [-0.3, -0.25) is 10.1 Å². The van der Waals surface area contributed by atoms with Gasteiger partial charge in [0.15, 0.2) is 5.82 Å². The van der Waals surface area contributed by atoms with Crippen LogP contribution < -0.4 is 10.5 Å². The fraction of sp³-hybridized carbons (Fsp3) is 0.143. The number of rotatable bonds is 4. The summed E-state index contributed by atoms with van der Waals surface area (Å²) in [5.74, 6) is -0.963. The lowest BCUT2D eigenvalue weighted by Gasteiger charge is -2.14. The Hall–Kier alpha value is -1.99. The Morgan fingerprint density at radius 1 is 1.38 bits per heavy atom. The highest BCUT2D eigenvalue weighted by Crippen LogP contribution is 2.37. The molecule has 1 atom stereocenters. The van der Waals surface area contributed by atoms with E-state index in [4.69, 9.17) is 10.5 Å². The number of nitrogens with zero attached hydrogens (tertiary/aromatic N) is 1. The van der Waals surface area contributed by atoms with E-state index in [1.54, 1.807) is 25.1 Å². The molecule has 21 heavy (non-hydrogen) atoms. The first kappa shape index (κ1) is 15.4. The van der Waals surface area contributed by atoms with Crippen LogP contribution in [0.2, 0.25) is 0 Å². The smallest absolute Gasteiger partial charge is 0.314 e. The number of nitro benzene ring substituents is 1. The molecule has 5 nitrogen and oxygen atoms in total. The number of ether oxygens (including phenoxy) is 1. The maximum Gasteiger partial charge on any atom is 0.314 e. The monoisotopic (exact) mass is 354 g/mol. The number of hydrogen-bond acceptors (Lipinski definition) is 4. The van der Waals surface area contributed by atoms with Crippen molar-refractivity contribution in [3.63, 3.8) is 0 Å². The number of hydrogen-bond donors (Lipinski definition) is 1. The normalized spacial score (nSPS) is 12.0. The molecule has 0 amide bonds. The third kappa shape index (κ3) is 3.37. The highest BCUT2D eigenvalue weighted by Gasteiger charge is 2.21. The van der Waals surface area contributed by atoms with Crippen molar-refractivity contribution in [1.29, 1.82) is 0 Å². The molecule has 0 aliphatic rings. The van der Waals surface area contributed by atoms with Gasteiger partial charge >= 0.3 is 5.69 Å². The molecule has 0 aliphatic carbocycles. The Labute approximate surface area is 128 Å². The van der Waals surface area contributed by atoms with Crippen molar-refractivity contribution in [2.45, 2.75) is 13.0 Å². The van der Waals surface area contributed by atoms with E-state index in [-0.39, 0.29) is 11.8 Å². The molecule has 0 saturated carbocycles. The van der Waals surface area contributed by atoms with Gasteiger partial charge in [0.05, 0.1) is 4.92 Å². The van der Waals surface area contributed by atoms with Gasteiger partial charge in [-0.1, -0.05) is 28.1 Å². The third-order valence-electron chi connectivity index (χ3n) is 2.82. The Morgan fingerprint density at radius 2 is 2.10 bits per heavy atom. The summed E-state index contributed by atoms with van der Waals surface area (Å²) in [6.45, 7) is 1.74. The topological polar surface area (TPSA) is 78.4 Å². The van der Waals surface area contributed by atoms with Crippen LogP contribution in [-0.2, 0) is 0 Å². The van der Waals surface area contributed by atoms with E-state index in [1.165, 1.54) is 12.1 Å². The van der Waals surface area contributed by atoms with Crippen LogP contribution in [0.4, 0.5) is 10.1 Å². The molecule has 1 unspecified atom stereocenters. The SMILES string of the molecule is CC(N)c1ccc(Br)cc1Oc1c(F)cccc1[N+](=O)[O-]. The molecule has 0 spiro atoms. The lowest BCUT2D eigenvalue weighted by Crippen LogP contribution is -2.07. The summed E-state index contributed by atoms with van der Waals surface area (Å²) >= 11 is 3.28. The molecule has 2 aromatic carbocycles. The maximum atomic E-state index is 13.9. The predicted octanol–water partition coefficient (Wildman–Crippen LogP) is 4.31. The minimum absolute atomic E-state index is 0.271. The van der Waals surface area contributed by atoms with Crippen molar-refractivity contribution in [2.24, 2.45) is 5.73 Å². The lowest BCUT2D eigenvalue weighted by atomic mass is 10.1. The minimum atomic E-state index is -0.806. The van der Waals surface area contributed by atoms with Crippen LogP contribution in [0.3, 0.4) is 0 Å². The Bertz CT molecular complexity index is 692. The van der Waals surface area contributed by atoms with Gasteiger partial charge in [0.2, 0.25) is 5.75 Å². The first-order valence-electron chi connectivity index (χ1n) is 6.06. The lowest BCUT2D eigenvalue weighted by molar-refractivity contribution is -0.385. The maximum absolute atomic E-state index is 13.9. The van der Waals surface area contributed by atoms with E-state index in [0.29, 0.717) is 10.0 Å². The zero-order valence-corrected chi connectivity index (χ0v) is 12.6. The molecule has 110 valence electrons. The van der Waals surface area contributed by atoms with Gasteiger partial charge in [-0.05, 0) is 25.1 Å². The summed E-state index contributed by atoms with van der Waals surface area (Å²) in [6.07, 6.45) is 0. The van der Waals surface area contributed by atoms with Gasteiger partial charge in [0, 0.05) is 22.1 Å². The van der Waals surface area contributed by atoms with Gasteiger partial charge in [-0.25, -0.2) is 4.39 Å². The number of benzene rings is 2. The molecule has 7 heteroatoms. The van der Waals surface area contributed by atoms with Crippen LogP contribution in [0.25, 0.3) is 0 Å². The number of nitro groups is 1. The largest absolute Gasteiger partial charge is 0.447 e. The molecule has 2 aromatic rings. The highest BCUT2D eigenvalue weighted by molar-refractivity contribution is 9.10. The second-order valence-corrected chi connectivity index (χ2v) is 5.33. The summed E-state index contributed by atoms with van der Waals surface area (Å²) in [7, 11) is 0. The molecule has 0 saturated heterocycles. The molecular formula is C14H12BrFN2O3. The number of para-hydroxylation sites is 1. The molecule has 2 N–H and O–H groups in total. The molecule has 2 rings (SSSR count). The van der Waals surface area contributed by atoms with Crippen molar-refractivity contribution in [2.75, 3.05) is 0 Å². The summed E-state index contributed by atoms with van der Waals surface area (Å²) in [6, 6.07) is 8.26. The highest BCUT2D eigenvalue weighted by atomic mass is 79.9. The average Bonchev–Trinajstić information content (AvgIpc) is 2.40. The first-order valence-corrected chi connectivity index (χ1v) is 6.85. The Morgan fingerprint density at radius 3 is 2.71 bits per heavy atom. The average molecular weight is 355 g/mol. The molecule has 0 heterocycles. The third-order valence-corrected chi connectivity index (χ3v) is 3.31. The Balaban J connectivity index is 2.53. The van der Waals surface area contributed by atoms with Crippen LogP contribution in [0.5, 0.6) is 11.5 Å². The van der Waals surface area contributed by atoms with E-state index in [9.17, 15) is 14.5 Å². The van der Waals surface area contributed by atoms with E-state index >= 15 is 0 Å². The predicted molar refractivity (Wildman–Crippen MR) is 79.9 cm³/mol. The van der Waals surface area contributed by atoms with Crippen molar-refractivity contribution < 1.29 is 14.1 Å². The minimum Gasteiger partial charge on any atom is -0.447 e. The second-order valence-electron chi connectivity index (χ2n) is 4.42.